The fraction of sp³-hybridized carbons (Fsp3) is 0.435. The van der Waals surface area contributed by atoms with Gasteiger partial charge in [0.2, 0.25) is 0 Å². The fourth-order valence-electron chi connectivity index (χ4n) is 4.24. The second-order valence-electron chi connectivity index (χ2n) is 7.93. The average molecular weight is 473 g/mol. The topological polar surface area (TPSA) is 87.3 Å². The van der Waals surface area contributed by atoms with Crippen LogP contribution < -0.4 is 15.6 Å². The molecule has 1 amide bonds. The van der Waals surface area contributed by atoms with Crippen LogP contribution in [0.5, 0.6) is 5.75 Å². The Morgan fingerprint density at radius 1 is 1.38 bits per heavy atom. The second-order valence-corrected chi connectivity index (χ2v) is 9.79. The van der Waals surface area contributed by atoms with E-state index in [1.54, 1.807) is 18.9 Å². The van der Waals surface area contributed by atoms with Gasteiger partial charge in [-0.3, -0.25) is 14.5 Å². The molecule has 4 rings (SSSR count). The number of aryl methyl sites for hydroxylation is 1. The first-order valence-electron chi connectivity index (χ1n) is 10.7. The minimum Gasteiger partial charge on any atom is -0.497 e. The number of ether oxygens (including phenoxy) is 1. The number of likely N-dealkylation sites (tertiary alicyclic amines) is 1. The number of benzene rings is 1. The van der Waals surface area contributed by atoms with Crippen molar-refractivity contribution < 1.29 is 9.53 Å². The van der Waals surface area contributed by atoms with Crippen LogP contribution in [-0.2, 0) is 5.75 Å². The van der Waals surface area contributed by atoms with Crippen molar-refractivity contribution in [2.75, 3.05) is 33.0 Å². The molecule has 0 spiro atoms. The number of hydrogen-bond donors (Lipinski definition) is 2. The number of rotatable bonds is 8. The van der Waals surface area contributed by atoms with Gasteiger partial charge in [0.25, 0.3) is 11.5 Å². The van der Waals surface area contributed by atoms with Crippen molar-refractivity contribution in [2.45, 2.75) is 31.6 Å². The minimum absolute atomic E-state index is 0.0703. The molecule has 1 saturated heterocycles. The summed E-state index contributed by atoms with van der Waals surface area (Å²) in [6.07, 6.45) is 4.29. The number of carbonyl (C=O) groups is 1. The molecule has 2 aromatic heterocycles. The first kappa shape index (κ1) is 22.8. The Kier molecular flexibility index (Phi) is 7.17. The molecule has 3 heterocycles. The van der Waals surface area contributed by atoms with Gasteiger partial charge in [-0.05, 0) is 62.4 Å². The Hall–Kier alpha value is -2.36. The molecule has 1 aliphatic heterocycles. The standard InChI is InChI=1S/C23H28N4O3S2/c1-14-19-21(28)25-18(13-31-3)26-23(19)32-20(14)22(29)24-12-17(27-9-4-5-10-27)15-7-6-8-16(11-15)30-2/h6-8,11,17H,4-5,9-10,12-13H2,1-3H3,(H,24,29)(H,25,26,28). The highest BCUT2D eigenvalue weighted by molar-refractivity contribution is 7.97. The van der Waals surface area contributed by atoms with Crippen LogP contribution in [0.15, 0.2) is 29.1 Å². The largest absolute Gasteiger partial charge is 0.497 e. The van der Waals surface area contributed by atoms with E-state index in [1.807, 2.05) is 31.4 Å². The number of carbonyl (C=O) groups excluding carboxylic acids is 1. The molecule has 170 valence electrons. The predicted octanol–water partition coefficient (Wildman–Crippen LogP) is 3.73. The Morgan fingerprint density at radius 3 is 2.88 bits per heavy atom. The summed E-state index contributed by atoms with van der Waals surface area (Å²) in [5, 5.41) is 3.63. The molecule has 0 aliphatic carbocycles. The molecule has 1 atom stereocenters. The van der Waals surface area contributed by atoms with Crippen molar-refractivity contribution >= 4 is 39.2 Å². The van der Waals surface area contributed by atoms with Gasteiger partial charge in [-0.1, -0.05) is 12.1 Å². The zero-order valence-electron chi connectivity index (χ0n) is 18.6. The Labute approximate surface area is 195 Å². The van der Waals surface area contributed by atoms with Crippen molar-refractivity contribution in [2.24, 2.45) is 0 Å². The van der Waals surface area contributed by atoms with Crippen LogP contribution in [-0.4, -0.2) is 53.8 Å². The van der Waals surface area contributed by atoms with Gasteiger partial charge in [0.15, 0.2) is 0 Å². The Bertz CT molecular complexity index is 1170. The molecular formula is C23H28N4O3S2. The van der Waals surface area contributed by atoms with E-state index in [2.05, 4.69) is 26.3 Å². The second kappa shape index (κ2) is 10.1. The lowest BCUT2D eigenvalue weighted by molar-refractivity contribution is 0.0941. The van der Waals surface area contributed by atoms with E-state index < -0.39 is 0 Å². The maximum atomic E-state index is 13.1. The molecule has 9 heteroatoms. The SMILES string of the molecule is COc1cccc(C(CNC(=O)c2sc3nc(CSC)[nH]c(=O)c3c2C)N2CCCC2)c1. The zero-order valence-corrected chi connectivity index (χ0v) is 20.2. The third kappa shape index (κ3) is 4.69. The van der Waals surface area contributed by atoms with Crippen molar-refractivity contribution in [3.05, 3.63) is 56.4 Å². The molecule has 0 saturated carbocycles. The molecule has 0 bridgehead atoms. The summed E-state index contributed by atoms with van der Waals surface area (Å²) in [4.78, 5) is 36.7. The number of aromatic amines is 1. The normalized spacial score (nSPS) is 15.2. The van der Waals surface area contributed by atoms with E-state index in [0.717, 1.165) is 37.2 Å². The van der Waals surface area contributed by atoms with Gasteiger partial charge in [-0.2, -0.15) is 11.8 Å². The number of fused-ring (bicyclic) bond motifs is 1. The molecule has 3 aromatic rings. The minimum atomic E-state index is -0.182. The van der Waals surface area contributed by atoms with E-state index in [1.165, 1.54) is 11.3 Å². The van der Waals surface area contributed by atoms with E-state index in [-0.39, 0.29) is 17.5 Å². The van der Waals surface area contributed by atoms with Gasteiger partial charge in [0.1, 0.15) is 16.4 Å². The van der Waals surface area contributed by atoms with Gasteiger partial charge in [0, 0.05) is 6.54 Å². The zero-order chi connectivity index (χ0) is 22.7. The van der Waals surface area contributed by atoms with Gasteiger partial charge < -0.3 is 15.0 Å². The van der Waals surface area contributed by atoms with Crippen LogP contribution in [0.1, 0.15) is 45.5 Å². The maximum Gasteiger partial charge on any atom is 0.261 e. The summed E-state index contributed by atoms with van der Waals surface area (Å²) in [5.74, 6) is 1.91. The number of H-pyrrole nitrogens is 1. The monoisotopic (exact) mass is 472 g/mol. The molecule has 1 aliphatic rings. The smallest absolute Gasteiger partial charge is 0.261 e. The lowest BCUT2D eigenvalue weighted by Gasteiger charge is -2.28. The Morgan fingerprint density at radius 2 is 2.16 bits per heavy atom. The molecule has 1 unspecified atom stereocenters. The van der Waals surface area contributed by atoms with Gasteiger partial charge in [0.05, 0.1) is 29.2 Å². The van der Waals surface area contributed by atoms with Crippen LogP contribution in [0.4, 0.5) is 0 Å². The van der Waals surface area contributed by atoms with Crippen LogP contribution in [0, 0.1) is 6.92 Å². The Balaban J connectivity index is 1.58. The first-order valence-corrected chi connectivity index (χ1v) is 12.9. The molecule has 1 fully saturated rings. The summed E-state index contributed by atoms with van der Waals surface area (Å²) >= 11 is 2.88. The molecule has 2 N–H and O–H groups in total. The molecule has 32 heavy (non-hydrogen) atoms. The summed E-state index contributed by atoms with van der Waals surface area (Å²) in [7, 11) is 1.66. The van der Waals surface area contributed by atoms with Crippen LogP contribution >= 0.6 is 23.1 Å². The maximum absolute atomic E-state index is 13.1. The quantitative estimate of drug-likeness (QED) is 0.519. The lowest BCUT2D eigenvalue weighted by Crippen LogP contribution is -2.36. The van der Waals surface area contributed by atoms with Crippen LogP contribution in [0.2, 0.25) is 0 Å². The van der Waals surface area contributed by atoms with E-state index in [4.69, 9.17) is 4.74 Å². The van der Waals surface area contributed by atoms with Gasteiger partial charge >= 0.3 is 0 Å². The van der Waals surface area contributed by atoms with Crippen LogP contribution in [0.3, 0.4) is 0 Å². The molecule has 0 radical (unpaired) electrons. The van der Waals surface area contributed by atoms with E-state index in [9.17, 15) is 9.59 Å². The van der Waals surface area contributed by atoms with Crippen molar-refractivity contribution in [1.29, 1.82) is 0 Å². The third-order valence-electron chi connectivity index (χ3n) is 5.85. The van der Waals surface area contributed by atoms with Crippen molar-refractivity contribution in [3.63, 3.8) is 0 Å². The van der Waals surface area contributed by atoms with E-state index >= 15 is 0 Å². The number of amides is 1. The molecule has 7 nitrogen and oxygen atoms in total. The fourth-order valence-corrected chi connectivity index (χ4v) is 5.77. The number of thioether (sulfide) groups is 1. The number of aromatic nitrogens is 2. The number of hydrogen-bond acceptors (Lipinski definition) is 7. The highest BCUT2D eigenvalue weighted by Gasteiger charge is 2.26. The first-order chi connectivity index (χ1) is 15.5. The average Bonchev–Trinajstić information content (AvgIpc) is 3.43. The van der Waals surface area contributed by atoms with Crippen molar-refractivity contribution in [3.8, 4) is 5.75 Å². The molecular weight excluding hydrogens is 444 g/mol. The number of thiophene rings is 1. The lowest BCUT2D eigenvalue weighted by atomic mass is 10.0. The van der Waals surface area contributed by atoms with Gasteiger partial charge in [-0.15, -0.1) is 11.3 Å². The summed E-state index contributed by atoms with van der Waals surface area (Å²) in [5.41, 5.74) is 1.63. The number of methoxy groups -OCH3 is 1. The van der Waals surface area contributed by atoms with E-state index in [0.29, 0.717) is 38.8 Å². The highest BCUT2D eigenvalue weighted by atomic mass is 32.2. The van der Waals surface area contributed by atoms with Gasteiger partial charge in [-0.25, -0.2) is 4.98 Å². The third-order valence-corrected chi connectivity index (χ3v) is 7.60. The summed E-state index contributed by atoms with van der Waals surface area (Å²) < 4.78 is 5.40. The number of nitrogens with one attached hydrogen (secondary N) is 2. The summed E-state index contributed by atoms with van der Waals surface area (Å²) in [6, 6.07) is 8.11. The van der Waals surface area contributed by atoms with Crippen molar-refractivity contribution in [1.82, 2.24) is 20.2 Å². The highest BCUT2D eigenvalue weighted by Crippen LogP contribution is 2.29. The van der Waals surface area contributed by atoms with Crippen LogP contribution in [0.25, 0.3) is 10.2 Å². The molecule has 1 aromatic carbocycles. The summed E-state index contributed by atoms with van der Waals surface area (Å²) in [6.45, 7) is 4.33. The number of nitrogens with zero attached hydrogens (tertiary/aromatic N) is 2. The predicted molar refractivity (Wildman–Crippen MR) is 131 cm³/mol.